The second-order valence-electron chi connectivity index (χ2n) is 5.83. The molecule has 0 fully saturated rings. The number of amides is 1. The van der Waals surface area contributed by atoms with Crippen LogP contribution in [-0.4, -0.2) is 11.9 Å². The van der Waals surface area contributed by atoms with Gasteiger partial charge in [-0.05, 0) is 56.9 Å². The molecule has 0 aromatic carbocycles. The molecule has 1 N–H and O–H groups in total. The van der Waals surface area contributed by atoms with Gasteiger partial charge in [0.25, 0.3) is 5.91 Å². The third-order valence-electron chi connectivity index (χ3n) is 4.28. The quantitative estimate of drug-likeness (QED) is 0.590. The zero-order valence-electron chi connectivity index (χ0n) is 14.1. The number of carbonyl (C=O) groups is 1. The standard InChI is InChI=1S/C19H26FNO/c1-6-9-18(22)21-17-11-8-10-16(12-17)19(15(5)20)14(4)13(3)7-2/h10,13,17H,5,7-8,11-12H2,1-4H3,(H,21,22)/b19-14-. The molecule has 0 aliphatic heterocycles. The highest BCUT2D eigenvalue weighted by Crippen LogP contribution is 2.34. The molecular weight excluding hydrogens is 277 g/mol. The third kappa shape index (κ3) is 4.87. The van der Waals surface area contributed by atoms with Gasteiger partial charge in [0.1, 0.15) is 5.83 Å². The van der Waals surface area contributed by atoms with Crippen molar-refractivity contribution in [2.24, 2.45) is 5.92 Å². The molecule has 120 valence electrons. The van der Waals surface area contributed by atoms with Gasteiger partial charge >= 0.3 is 0 Å². The molecule has 1 aliphatic rings. The van der Waals surface area contributed by atoms with Gasteiger partial charge in [-0.1, -0.05) is 38.0 Å². The summed E-state index contributed by atoms with van der Waals surface area (Å²) in [6, 6.07) is 0.00688. The molecule has 0 saturated carbocycles. The minimum Gasteiger partial charge on any atom is -0.342 e. The van der Waals surface area contributed by atoms with Gasteiger partial charge in [0.05, 0.1) is 0 Å². The Morgan fingerprint density at radius 2 is 2.27 bits per heavy atom. The summed E-state index contributed by atoms with van der Waals surface area (Å²) in [7, 11) is 0. The molecule has 0 aromatic heterocycles. The molecule has 2 atom stereocenters. The fourth-order valence-corrected chi connectivity index (χ4v) is 2.77. The van der Waals surface area contributed by atoms with Crippen LogP contribution < -0.4 is 5.32 Å². The van der Waals surface area contributed by atoms with Crippen molar-refractivity contribution in [2.75, 3.05) is 0 Å². The Bertz CT molecular complexity index is 560. The number of carbonyl (C=O) groups excluding carboxylic acids is 1. The van der Waals surface area contributed by atoms with E-state index in [0.29, 0.717) is 17.9 Å². The number of rotatable bonds is 5. The molecular formula is C19H26FNO. The smallest absolute Gasteiger partial charge is 0.296 e. The number of hydrogen-bond donors (Lipinski definition) is 1. The van der Waals surface area contributed by atoms with E-state index in [4.69, 9.17) is 0 Å². The predicted molar refractivity (Wildman–Crippen MR) is 89.7 cm³/mol. The average molecular weight is 303 g/mol. The maximum absolute atomic E-state index is 14.0. The van der Waals surface area contributed by atoms with Crippen molar-refractivity contribution in [3.8, 4) is 11.8 Å². The van der Waals surface area contributed by atoms with Gasteiger partial charge < -0.3 is 5.32 Å². The number of hydrogen-bond acceptors (Lipinski definition) is 1. The zero-order valence-corrected chi connectivity index (χ0v) is 14.1. The van der Waals surface area contributed by atoms with Gasteiger partial charge in [0.15, 0.2) is 0 Å². The van der Waals surface area contributed by atoms with Crippen molar-refractivity contribution < 1.29 is 9.18 Å². The fraction of sp³-hybridized carbons (Fsp3) is 0.526. The van der Waals surface area contributed by atoms with E-state index in [-0.39, 0.29) is 17.8 Å². The summed E-state index contributed by atoms with van der Waals surface area (Å²) >= 11 is 0. The van der Waals surface area contributed by atoms with E-state index in [1.54, 1.807) is 6.92 Å². The Morgan fingerprint density at radius 1 is 1.59 bits per heavy atom. The summed E-state index contributed by atoms with van der Waals surface area (Å²) in [4.78, 5) is 11.6. The van der Waals surface area contributed by atoms with Crippen LogP contribution in [0.2, 0.25) is 0 Å². The highest BCUT2D eigenvalue weighted by Gasteiger charge is 2.23. The maximum Gasteiger partial charge on any atom is 0.296 e. The lowest BCUT2D eigenvalue weighted by Gasteiger charge is -2.26. The van der Waals surface area contributed by atoms with Gasteiger partial charge in [-0.15, -0.1) is 0 Å². The number of allylic oxidation sites excluding steroid dienone is 4. The first-order valence-electron chi connectivity index (χ1n) is 7.88. The molecule has 1 aliphatic carbocycles. The molecule has 0 radical (unpaired) electrons. The van der Waals surface area contributed by atoms with Crippen LogP contribution in [0.5, 0.6) is 0 Å². The monoisotopic (exact) mass is 303 g/mol. The van der Waals surface area contributed by atoms with Crippen LogP contribution in [0.4, 0.5) is 4.39 Å². The molecule has 0 spiro atoms. The van der Waals surface area contributed by atoms with E-state index < -0.39 is 0 Å². The summed E-state index contributed by atoms with van der Waals surface area (Å²) < 4.78 is 14.0. The Hall–Kier alpha value is -1.82. The Labute approximate surface area is 133 Å². The van der Waals surface area contributed by atoms with Gasteiger partial charge in [0.2, 0.25) is 0 Å². The zero-order chi connectivity index (χ0) is 16.7. The largest absolute Gasteiger partial charge is 0.342 e. The molecule has 2 unspecified atom stereocenters. The van der Waals surface area contributed by atoms with Gasteiger partial charge in [-0.2, -0.15) is 0 Å². The summed E-state index contributed by atoms with van der Waals surface area (Å²) in [6.45, 7) is 11.3. The SMILES string of the molecule is C=C(F)/C(C1=CCCC(NC(=O)C#CC)C1)=C(\C)C(C)CC. The summed E-state index contributed by atoms with van der Waals surface area (Å²) in [5.74, 6) is 4.73. The highest BCUT2D eigenvalue weighted by atomic mass is 19.1. The highest BCUT2D eigenvalue weighted by molar-refractivity contribution is 5.93. The van der Waals surface area contributed by atoms with Crippen molar-refractivity contribution in [2.45, 2.75) is 59.4 Å². The van der Waals surface area contributed by atoms with Crippen molar-refractivity contribution in [3.05, 3.63) is 35.2 Å². The van der Waals surface area contributed by atoms with E-state index in [2.05, 4.69) is 43.7 Å². The molecule has 22 heavy (non-hydrogen) atoms. The van der Waals surface area contributed by atoms with Gasteiger partial charge in [-0.3, -0.25) is 4.79 Å². The molecule has 0 bridgehead atoms. The number of halogens is 1. The first-order valence-corrected chi connectivity index (χ1v) is 7.88. The summed E-state index contributed by atoms with van der Waals surface area (Å²) in [5.41, 5.74) is 2.61. The molecule has 0 heterocycles. The molecule has 1 amide bonds. The first kappa shape index (κ1) is 18.2. The van der Waals surface area contributed by atoms with Crippen LogP contribution in [-0.2, 0) is 4.79 Å². The lowest BCUT2D eigenvalue weighted by molar-refractivity contribution is -0.116. The van der Waals surface area contributed by atoms with Crippen molar-refractivity contribution in [3.63, 3.8) is 0 Å². The van der Waals surface area contributed by atoms with E-state index >= 15 is 0 Å². The molecule has 1 rings (SSSR count). The van der Waals surface area contributed by atoms with E-state index in [1.165, 1.54) is 0 Å². The third-order valence-corrected chi connectivity index (χ3v) is 4.28. The van der Waals surface area contributed by atoms with Crippen LogP contribution in [0.25, 0.3) is 0 Å². The predicted octanol–water partition coefficient (Wildman–Crippen LogP) is 4.45. The van der Waals surface area contributed by atoms with E-state index in [1.807, 2.05) is 6.92 Å². The van der Waals surface area contributed by atoms with Gasteiger partial charge in [-0.25, -0.2) is 4.39 Å². The van der Waals surface area contributed by atoms with E-state index in [0.717, 1.165) is 30.4 Å². The second-order valence-corrected chi connectivity index (χ2v) is 5.83. The van der Waals surface area contributed by atoms with Crippen LogP contribution in [0.3, 0.4) is 0 Å². The fourth-order valence-electron chi connectivity index (χ4n) is 2.77. The molecule has 0 aromatic rings. The summed E-state index contributed by atoms with van der Waals surface area (Å²) in [6.07, 6.45) is 5.34. The Balaban J connectivity index is 2.97. The topological polar surface area (TPSA) is 29.1 Å². The maximum atomic E-state index is 14.0. The van der Waals surface area contributed by atoms with Crippen molar-refractivity contribution >= 4 is 5.91 Å². The normalized spacial score (nSPS) is 20.0. The molecule has 0 saturated heterocycles. The van der Waals surface area contributed by atoms with Crippen LogP contribution >= 0.6 is 0 Å². The Kier molecular flexibility index (Phi) is 7.11. The number of nitrogens with one attached hydrogen (secondary N) is 1. The lowest BCUT2D eigenvalue weighted by atomic mass is 9.84. The van der Waals surface area contributed by atoms with E-state index in [9.17, 15) is 9.18 Å². The summed E-state index contributed by atoms with van der Waals surface area (Å²) in [5, 5.41) is 2.90. The second kappa shape index (κ2) is 8.58. The van der Waals surface area contributed by atoms with Gasteiger partial charge in [0, 0.05) is 11.6 Å². The van der Waals surface area contributed by atoms with Crippen LogP contribution in [0.1, 0.15) is 53.4 Å². The molecule has 2 nitrogen and oxygen atoms in total. The minimum atomic E-state index is -0.385. The van der Waals surface area contributed by atoms with Crippen LogP contribution in [0.15, 0.2) is 35.2 Å². The van der Waals surface area contributed by atoms with Crippen molar-refractivity contribution in [1.29, 1.82) is 0 Å². The average Bonchev–Trinajstić information content (AvgIpc) is 2.46. The van der Waals surface area contributed by atoms with Crippen LogP contribution in [0, 0.1) is 17.8 Å². The molecule has 3 heteroatoms. The Morgan fingerprint density at radius 3 is 2.82 bits per heavy atom. The first-order chi connectivity index (χ1) is 10.4. The lowest BCUT2D eigenvalue weighted by Crippen LogP contribution is -2.35. The van der Waals surface area contributed by atoms with Crippen molar-refractivity contribution in [1.82, 2.24) is 5.32 Å². The minimum absolute atomic E-state index is 0.00688.